The molecule has 1 aromatic carbocycles. The van der Waals surface area contributed by atoms with Gasteiger partial charge in [0.15, 0.2) is 0 Å². The normalized spacial score (nSPS) is 16.9. The third-order valence-electron chi connectivity index (χ3n) is 4.24. The van der Waals surface area contributed by atoms with Crippen molar-refractivity contribution in [1.29, 1.82) is 5.26 Å². The van der Waals surface area contributed by atoms with Crippen molar-refractivity contribution in [2.24, 2.45) is 0 Å². The second-order valence-corrected chi connectivity index (χ2v) is 5.54. The molecule has 2 aromatic rings. The number of nitriles is 1. The van der Waals surface area contributed by atoms with Gasteiger partial charge in [-0.25, -0.2) is 4.98 Å². The molecule has 0 amide bonds. The van der Waals surface area contributed by atoms with Crippen LogP contribution in [0.25, 0.3) is 11.0 Å². The van der Waals surface area contributed by atoms with Gasteiger partial charge in [0, 0.05) is 7.11 Å². The van der Waals surface area contributed by atoms with Gasteiger partial charge < -0.3 is 9.30 Å². The number of imidazole rings is 1. The summed E-state index contributed by atoms with van der Waals surface area (Å²) in [5.74, 6) is 1.13. The monoisotopic (exact) mass is 289 g/mol. The first-order valence-corrected chi connectivity index (χ1v) is 7.26. The fourth-order valence-corrected chi connectivity index (χ4v) is 3.05. The van der Waals surface area contributed by atoms with E-state index in [4.69, 9.17) is 16.3 Å². The molecule has 1 aromatic heterocycles. The van der Waals surface area contributed by atoms with E-state index < -0.39 is 0 Å². The smallest absolute Gasteiger partial charge is 0.125 e. The van der Waals surface area contributed by atoms with Gasteiger partial charge >= 0.3 is 0 Å². The van der Waals surface area contributed by atoms with Crippen molar-refractivity contribution in [1.82, 2.24) is 9.55 Å². The summed E-state index contributed by atoms with van der Waals surface area (Å²) in [6, 6.07) is 7.85. The third-order valence-corrected chi connectivity index (χ3v) is 4.48. The molecule has 4 nitrogen and oxygen atoms in total. The first-order chi connectivity index (χ1) is 9.73. The predicted molar refractivity (Wildman–Crippen MR) is 77.6 cm³/mol. The Labute approximate surface area is 122 Å². The van der Waals surface area contributed by atoms with Crippen LogP contribution >= 0.6 is 11.6 Å². The molecule has 1 aliphatic rings. The summed E-state index contributed by atoms with van der Waals surface area (Å²) in [4.78, 5) is 4.53. The van der Waals surface area contributed by atoms with Gasteiger partial charge in [-0.05, 0) is 31.4 Å². The number of hydrogen-bond acceptors (Lipinski definition) is 3. The molecule has 1 heterocycles. The Balaban J connectivity index is 2.12. The van der Waals surface area contributed by atoms with Gasteiger partial charge in [0.25, 0.3) is 0 Å². The van der Waals surface area contributed by atoms with Crippen molar-refractivity contribution in [2.45, 2.75) is 37.3 Å². The SMILES string of the molecule is COC1(Cn2c(CCl)nc3c(C#N)cccc32)CCC1. The number of alkyl halides is 1. The van der Waals surface area contributed by atoms with E-state index in [1.165, 1.54) is 6.42 Å². The average molecular weight is 290 g/mol. The molecule has 104 valence electrons. The Hall–Kier alpha value is -1.57. The highest BCUT2D eigenvalue weighted by atomic mass is 35.5. The largest absolute Gasteiger partial charge is 0.376 e. The molecule has 5 heteroatoms. The number of benzene rings is 1. The number of methoxy groups -OCH3 is 1. The van der Waals surface area contributed by atoms with E-state index >= 15 is 0 Å². The first-order valence-electron chi connectivity index (χ1n) is 6.72. The minimum Gasteiger partial charge on any atom is -0.376 e. The maximum atomic E-state index is 9.19. The molecule has 0 aliphatic heterocycles. The van der Waals surface area contributed by atoms with E-state index in [1.807, 2.05) is 12.1 Å². The molecule has 0 atom stereocenters. The molecule has 0 radical (unpaired) electrons. The number of nitrogens with zero attached hydrogens (tertiary/aromatic N) is 3. The lowest BCUT2D eigenvalue weighted by molar-refractivity contribution is -0.0831. The highest BCUT2D eigenvalue weighted by molar-refractivity contribution is 6.16. The summed E-state index contributed by atoms with van der Waals surface area (Å²) in [6.45, 7) is 0.747. The Morgan fingerprint density at radius 2 is 2.30 bits per heavy atom. The maximum absolute atomic E-state index is 9.19. The summed E-state index contributed by atoms with van der Waals surface area (Å²) in [7, 11) is 1.76. The summed E-state index contributed by atoms with van der Waals surface area (Å²) in [5, 5.41) is 9.19. The minimum atomic E-state index is -0.100. The average Bonchev–Trinajstić information content (AvgIpc) is 2.80. The van der Waals surface area contributed by atoms with E-state index in [0.717, 1.165) is 36.2 Å². The fraction of sp³-hybridized carbons (Fsp3) is 0.467. The Morgan fingerprint density at radius 3 is 2.85 bits per heavy atom. The Bertz CT molecular complexity index is 677. The van der Waals surface area contributed by atoms with Crippen molar-refractivity contribution in [3.63, 3.8) is 0 Å². The highest BCUT2D eigenvalue weighted by Gasteiger charge is 2.38. The second kappa shape index (κ2) is 5.08. The summed E-state index contributed by atoms with van der Waals surface area (Å²) in [5.41, 5.74) is 2.18. The fourth-order valence-electron chi connectivity index (χ4n) is 2.85. The van der Waals surface area contributed by atoms with Crippen LogP contribution in [0.15, 0.2) is 18.2 Å². The van der Waals surface area contributed by atoms with Gasteiger partial charge in [0.2, 0.25) is 0 Å². The zero-order chi connectivity index (χ0) is 14.2. The van der Waals surface area contributed by atoms with Crippen molar-refractivity contribution < 1.29 is 4.74 Å². The van der Waals surface area contributed by atoms with Crippen LogP contribution in [0.3, 0.4) is 0 Å². The molecule has 0 unspecified atom stereocenters. The van der Waals surface area contributed by atoms with Crippen molar-refractivity contribution >= 4 is 22.6 Å². The van der Waals surface area contributed by atoms with E-state index in [2.05, 4.69) is 15.6 Å². The van der Waals surface area contributed by atoms with Crippen LogP contribution in [-0.4, -0.2) is 22.3 Å². The summed E-state index contributed by atoms with van der Waals surface area (Å²) in [6.07, 6.45) is 3.31. The Morgan fingerprint density at radius 1 is 1.50 bits per heavy atom. The predicted octanol–water partition coefficient (Wildman–Crippen LogP) is 3.22. The van der Waals surface area contributed by atoms with Crippen molar-refractivity contribution in [2.75, 3.05) is 7.11 Å². The molecule has 1 aliphatic carbocycles. The van der Waals surface area contributed by atoms with E-state index in [-0.39, 0.29) is 5.60 Å². The molecule has 0 spiro atoms. The summed E-state index contributed by atoms with van der Waals surface area (Å²) < 4.78 is 7.80. The number of hydrogen-bond donors (Lipinski definition) is 0. The Kier molecular flexibility index (Phi) is 3.41. The number of ether oxygens (including phenoxy) is 1. The van der Waals surface area contributed by atoms with Gasteiger partial charge in [-0.2, -0.15) is 5.26 Å². The zero-order valence-corrected chi connectivity index (χ0v) is 12.2. The van der Waals surface area contributed by atoms with E-state index in [0.29, 0.717) is 11.4 Å². The minimum absolute atomic E-state index is 0.100. The van der Waals surface area contributed by atoms with Crippen LogP contribution in [0.2, 0.25) is 0 Å². The van der Waals surface area contributed by atoms with Crippen LogP contribution in [0.1, 0.15) is 30.7 Å². The third kappa shape index (κ3) is 1.98. The van der Waals surface area contributed by atoms with E-state index in [1.54, 1.807) is 13.2 Å². The molecule has 0 N–H and O–H groups in total. The van der Waals surface area contributed by atoms with Gasteiger partial charge in [0.1, 0.15) is 17.4 Å². The standard InChI is InChI=1S/C15H16ClN3O/c1-20-15(6-3-7-15)10-19-12-5-2-4-11(9-17)14(12)18-13(19)8-16/h2,4-5H,3,6-8,10H2,1H3. The zero-order valence-electron chi connectivity index (χ0n) is 11.4. The maximum Gasteiger partial charge on any atom is 0.125 e. The lowest BCUT2D eigenvalue weighted by atomic mass is 9.80. The van der Waals surface area contributed by atoms with Crippen LogP contribution in [-0.2, 0) is 17.2 Å². The molecule has 0 saturated heterocycles. The van der Waals surface area contributed by atoms with Crippen LogP contribution in [0.5, 0.6) is 0 Å². The van der Waals surface area contributed by atoms with Crippen LogP contribution in [0, 0.1) is 11.3 Å². The molecule has 1 saturated carbocycles. The van der Waals surface area contributed by atoms with Gasteiger partial charge in [-0.15, -0.1) is 11.6 Å². The van der Waals surface area contributed by atoms with Gasteiger partial charge in [-0.1, -0.05) is 6.07 Å². The van der Waals surface area contributed by atoms with Crippen molar-refractivity contribution in [3.8, 4) is 6.07 Å². The topological polar surface area (TPSA) is 50.8 Å². The number of para-hydroxylation sites is 1. The highest BCUT2D eigenvalue weighted by Crippen LogP contribution is 2.38. The van der Waals surface area contributed by atoms with Gasteiger partial charge in [0.05, 0.1) is 29.1 Å². The number of fused-ring (bicyclic) bond motifs is 1. The molecular weight excluding hydrogens is 274 g/mol. The van der Waals surface area contributed by atoms with Gasteiger partial charge in [-0.3, -0.25) is 0 Å². The lowest BCUT2D eigenvalue weighted by Gasteiger charge is -2.41. The second-order valence-electron chi connectivity index (χ2n) is 5.27. The molecule has 0 bridgehead atoms. The number of rotatable bonds is 4. The first kappa shape index (κ1) is 13.4. The van der Waals surface area contributed by atoms with Crippen LogP contribution < -0.4 is 0 Å². The molecular formula is C15H16ClN3O. The molecule has 20 heavy (non-hydrogen) atoms. The number of halogens is 1. The lowest BCUT2D eigenvalue weighted by Crippen LogP contribution is -2.43. The molecule has 1 fully saturated rings. The van der Waals surface area contributed by atoms with E-state index in [9.17, 15) is 5.26 Å². The quantitative estimate of drug-likeness (QED) is 0.812. The molecule has 3 rings (SSSR count). The summed E-state index contributed by atoms with van der Waals surface area (Å²) >= 11 is 6.03. The number of aromatic nitrogens is 2. The van der Waals surface area contributed by atoms with Crippen LogP contribution in [0.4, 0.5) is 0 Å². The van der Waals surface area contributed by atoms with Crippen molar-refractivity contribution in [3.05, 3.63) is 29.6 Å².